The van der Waals surface area contributed by atoms with E-state index in [2.05, 4.69) is 10.3 Å². The Balaban J connectivity index is 1.93. The molecule has 0 aliphatic heterocycles. The van der Waals surface area contributed by atoms with E-state index in [-0.39, 0.29) is 44.8 Å². The average Bonchev–Trinajstić information content (AvgIpc) is 3.28. The van der Waals surface area contributed by atoms with Gasteiger partial charge in [0, 0.05) is 31.0 Å². The van der Waals surface area contributed by atoms with Gasteiger partial charge >= 0.3 is 12.4 Å². The summed E-state index contributed by atoms with van der Waals surface area (Å²) in [6.07, 6.45) is -12.5. The number of rotatable bonds is 8. The Labute approximate surface area is 239 Å². The molecule has 0 saturated carbocycles. The van der Waals surface area contributed by atoms with Gasteiger partial charge in [0.25, 0.3) is 5.91 Å². The summed E-state index contributed by atoms with van der Waals surface area (Å²) in [5, 5.41) is 2.47. The van der Waals surface area contributed by atoms with Gasteiger partial charge in [-0.3, -0.25) is 9.59 Å². The number of aryl methyl sites for hydroxylation is 1. The second-order valence-corrected chi connectivity index (χ2v) is 10.5. The summed E-state index contributed by atoms with van der Waals surface area (Å²) in [7, 11) is 1.32. The number of furan rings is 1. The number of aromatic nitrogens is 1. The summed E-state index contributed by atoms with van der Waals surface area (Å²) in [5.41, 5.74) is -3.45. The van der Waals surface area contributed by atoms with Crippen LogP contribution in [0, 0.1) is 17.0 Å². The first kappa shape index (κ1) is 31.6. The highest BCUT2D eigenvalue weighted by atomic mass is 19.4. The van der Waals surface area contributed by atoms with E-state index < -0.39 is 65.9 Å². The van der Waals surface area contributed by atoms with Gasteiger partial charge in [-0.05, 0) is 54.4 Å². The first-order valence-corrected chi connectivity index (χ1v) is 12.8. The third kappa shape index (κ3) is 6.70. The summed E-state index contributed by atoms with van der Waals surface area (Å²) < 4.78 is 114. The quantitative estimate of drug-likeness (QED) is 0.160. The number of nitrogens with one attached hydrogen (secondary N) is 1. The maximum atomic E-state index is 14.7. The van der Waals surface area contributed by atoms with Crippen molar-refractivity contribution in [3.05, 3.63) is 77.0 Å². The molecule has 0 bridgehead atoms. The molecule has 13 heteroatoms. The van der Waals surface area contributed by atoms with Crippen LogP contribution < -0.4 is 5.32 Å². The average molecular weight is 613 g/mol. The summed E-state index contributed by atoms with van der Waals surface area (Å²) in [6.45, 7) is 1.58. The number of hydrogen-bond acceptors (Lipinski definition) is 4. The molecule has 2 heterocycles. The van der Waals surface area contributed by atoms with Gasteiger partial charge in [-0.2, -0.15) is 26.3 Å². The molecule has 2 aromatic carbocycles. The molecule has 0 atom stereocenters. The molecule has 0 radical (unpaired) electrons. The number of pyridine rings is 1. The van der Waals surface area contributed by atoms with Crippen LogP contribution in [-0.2, 0) is 6.42 Å². The van der Waals surface area contributed by atoms with Crippen molar-refractivity contribution in [3.63, 3.8) is 0 Å². The maximum absolute atomic E-state index is 14.7. The largest absolute Gasteiger partial charge is 0.437 e. The third-order valence-corrected chi connectivity index (χ3v) is 6.92. The molecular weight excluding hydrogens is 588 g/mol. The number of carbonyl (C=O) groups is 2. The minimum atomic E-state index is -4.77. The molecule has 4 rings (SSSR count). The Morgan fingerprint density at radius 3 is 2.12 bits per heavy atom. The second kappa shape index (κ2) is 11.4. The van der Waals surface area contributed by atoms with E-state index in [0.717, 1.165) is 44.2 Å². The molecule has 0 aliphatic rings. The monoisotopic (exact) mass is 612 g/mol. The highest BCUT2D eigenvalue weighted by molar-refractivity contribution is 6.11. The van der Waals surface area contributed by atoms with Gasteiger partial charge in [0.15, 0.2) is 5.78 Å². The molecule has 5 nitrogen and oxygen atoms in total. The lowest BCUT2D eigenvalue weighted by atomic mass is 9.84. The van der Waals surface area contributed by atoms with Gasteiger partial charge < -0.3 is 9.73 Å². The third-order valence-electron chi connectivity index (χ3n) is 6.92. The number of amides is 1. The van der Waals surface area contributed by atoms with Gasteiger partial charge in [-0.1, -0.05) is 19.9 Å². The molecule has 43 heavy (non-hydrogen) atoms. The first-order chi connectivity index (χ1) is 19.9. The fourth-order valence-corrected chi connectivity index (χ4v) is 4.42. The van der Waals surface area contributed by atoms with E-state index in [0.29, 0.717) is 0 Å². The molecule has 0 unspecified atom stereocenters. The number of benzene rings is 2. The lowest BCUT2D eigenvalue weighted by molar-refractivity contribution is -0.210. The van der Waals surface area contributed by atoms with Crippen LogP contribution in [0.1, 0.15) is 53.1 Å². The number of ketones is 1. The smallest absolute Gasteiger partial charge is 0.394 e. The molecule has 228 valence electrons. The van der Waals surface area contributed by atoms with Crippen molar-refractivity contribution >= 4 is 22.8 Å². The van der Waals surface area contributed by atoms with Crippen LogP contribution in [0.2, 0.25) is 0 Å². The predicted molar refractivity (Wildman–Crippen MR) is 141 cm³/mol. The van der Waals surface area contributed by atoms with Gasteiger partial charge in [0.1, 0.15) is 17.4 Å². The van der Waals surface area contributed by atoms with Gasteiger partial charge in [0.2, 0.25) is 5.71 Å². The van der Waals surface area contributed by atoms with E-state index >= 15 is 0 Å². The van der Waals surface area contributed by atoms with Crippen LogP contribution in [0.5, 0.6) is 0 Å². The van der Waals surface area contributed by atoms with E-state index in [1.54, 1.807) is 0 Å². The summed E-state index contributed by atoms with van der Waals surface area (Å²) in [4.78, 5) is 30.0. The number of hydrogen-bond donors (Lipinski definition) is 1. The van der Waals surface area contributed by atoms with E-state index in [1.807, 2.05) is 0 Å². The molecule has 0 saturated heterocycles. The topological polar surface area (TPSA) is 72.2 Å². The van der Waals surface area contributed by atoms with Crippen molar-refractivity contribution in [1.82, 2.24) is 10.3 Å². The van der Waals surface area contributed by atoms with Crippen molar-refractivity contribution in [2.45, 2.75) is 45.5 Å². The fourth-order valence-electron chi connectivity index (χ4n) is 4.42. The Bertz CT molecular complexity index is 1690. The molecule has 0 aliphatic carbocycles. The highest BCUT2D eigenvalue weighted by Gasteiger charge is 2.48. The molecular formula is C30H24F8N2O3. The standard InChI is InChI=1S/C30H24F8N2O3/c1-28(2,30(36,37)38)14-23(41)19-12-16(6-9-21(19)32)18-13-20-24(26(42)39-3)25(15-4-7-17(31)8-5-15)43-27(20)40-22(18)10-11-29(33,34)35/h4-9,12-13H,10-11,14H2,1-3H3,(H,39,42). The van der Waals surface area contributed by atoms with Crippen molar-refractivity contribution in [3.8, 4) is 22.5 Å². The van der Waals surface area contributed by atoms with Gasteiger partial charge in [-0.25, -0.2) is 13.8 Å². The summed E-state index contributed by atoms with van der Waals surface area (Å²) >= 11 is 0. The number of Topliss-reactive ketones (excluding diaryl/α,β-unsaturated/α-hetero) is 1. The van der Waals surface area contributed by atoms with Crippen LogP contribution in [-0.4, -0.2) is 36.1 Å². The van der Waals surface area contributed by atoms with Crippen molar-refractivity contribution < 1.29 is 49.1 Å². The Morgan fingerprint density at radius 2 is 1.53 bits per heavy atom. The minimum Gasteiger partial charge on any atom is -0.437 e. The Kier molecular flexibility index (Phi) is 8.40. The number of halogens is 8. The lowest BCUT2D eigenvalue weighted by Gasteiger charge is -2.27. The Hall–Kier alpha value is -4.29. The normalized spacial score (nSPS) is 12.5. The zero-order chi connectivity index (χ0) is 31.9. The molecule has 0 fully saturated rings. The van der Waals surface area contributed by atoms with Crippen LogP contribution in [0.3, 0.4) is 0 Å². The number of fused-ring (bicyclic) bond motifs is 1. The lowest BCUT2D eigenvalue weighted by Crippen LogP contribution is -2.34. The molecule has 1 N–H and O–H groups in total. The predicted octanol–water partition coefficient (Wildman–Crippen LogP) is 8.46. The minimum absolute atomic E-state index is 0.0199. The Morgan fingerprint density at radius 1 is 0.907 bits per heavy atom. The summed E-state index contributed by atoms with van der Waals surface area (Å²) in [5.74, 6) is -3.58. The van der Waals surface area contributed by atoms with Gasteiger partial charge in [-0.15, -0.1) is 0 Å². The maximum Gasteiger partial charge on any atom is 0.394 e. The fraction of sp³-hybridized carbons (Fsp3) is 0.300. The number of carbonyl (C=O) groups excluding carboxylic acids is 2. The van der Waals surface area contributed by atoms with Crippen LogP contribution in [0.15, 0.2) is 52.9 Å². The van der Waals surface area contributed by atoms with Crippen LogP contribution in [0.4, 0.5) is 35.1 Å². The van der Waals surface area contributed by atoms with E-state index in [4.69, 9.17) is 4.42 Å². The van der Waals surface area contributed by atoms with Crippen LogP contribution in [0.25, 0.3) is 33.6 Å². The van der Waals surface area contributed by atoms with Crippen molar-refractivity contribution in [2.75, 3.05) is 7.05 Å². The highest BCUT2D eigenvalue weighted by Crippen LogP contribution is 2.42. The molecule has 4 aromatic rings. The zero-order valence-corrected chi connectivity index (χ0v) is 22.9. The molecule has 1 amide bonds. The summed E-state index contributed by atoms with van der Waals surface area (Å²) in [6, 6.07) is 9.07. The first-order valence-electron chi connectivity index (χ1n) is 12.8. The molecule has 2 aromatic heterocycles. The van der Waals surface area contributed by atoms with E-state index in [9.17, 15) is 44.7 Å². The number of nitrogens with zero attached hydrogens (tertiary/aromatic N) is 1. The van der Waals surface area contributed by atoms with Crippen molar-refractivity contribution in [1.29, 1.82) is 0 Å². The van der Waals surface area contributed by atoms with Crippen LogP contribution >= 0.6 is 0 Å². The number of alkyl halides is 6. The van der Waals surface area contributed by atoms with Crippen molar-refractivity contribution in [2.24, 2.45) is 5.41 Å². The molecule has 0 spiro atoms. The zero-order valence-electron chi connectivity index (χ0n) is 22.9. The van der Waals surface area contributed by atoms with Gasteiger partial charge in [0.05, 0.1) is 27.6 Å². The van der Waals surface area contributed by atoms with E-state index in [1.165, 1.54) is 25.2 Å². The SMILES string of the molecule is CNC(=O)c1c(-c2ccc(F)cc2)oc2nc(CCC(F)(F)F)c(-c3ccc(F)c(C(=O)CC(C)(C)C(F)(F)F)c3)cc12. The second-order valence-electron chi connectivity index (χ2n) is 10.5.